The van der Waals surface area contributed by atoms with Crippen molar-refractivity contribution in [2.45, 2.75) is 19.3 Å². The van der Waals surface area contributed by atoms with Gasteiger partial charge >= 0.3 is 5.97 Å². The molecule has 0 amide bonds. The van der Waals surface area contributed by atoms with E-state index in [1.165, 1.54) is 0 Å². The van der Waals surface area contributed by atoms with E-state index in [1.807, 2.05) is 0 Å². The second kappa shape index (κ2) is 5.73. The monoisotopic (exact) mass is 158 g/mol. The van der Waals surface area contributed by atoms with Crippen LogP contribution in [0.3, 0.4) is 0 Å². The maximum Gasteiger partial charge on any atom is 0.333 e. The van der Waals surface area contributed by atoms with Crippen LogP contribution in [0.2, 0.25) is 0 Å². The summed E-state index contributed by atoms with van der Waals surface area (Å²) in [5.41, 5.74) is 10.6. The zero-order valence-electron chi connectivity index (χ0n) is 6.42. The van der Waals surface area contributed by atoms with Crippen LogP contribution in [0.5, 0.6) is 0 Å². The molecule has 4 heteroatoms. The molecule has 0 aliphatic carbocycles. The van der Waals surface area contributed by atoms with Gasteiger partial charge in [-0.25, -0.2) is 4.79 Å². The minimum absolute atomic E-state index is 0.262. The average Bonchev–Trinajstić information content (AvgIpc) is 1.97. The van der Waals surface area contributed by atoms with Crippen molar-refractivity contribution in [1.29, 1.82) is 0 Å². The topological polar surface area (TPSA) is 89.3 Å². The number of hydrogen-bond donors (Lipinski definition) is 3. The maximum absolute atomic E-state index is 10.3. The van der Waals surface area contributed by atoms with E-state index in [-0.39, 0.29) is 5.57 Å². The molecule has 11 heavy (non-hydrogen) atoms. The zero-order chi connectivity index (χ0) is 8.69. The Kier molecular flexibility index (Phi) is 5.20. The molecule has 0 saturated heterocycles. The molecule has 0 fully saturated rings. The SMILES string of the molecule is N/C=C(/CCCCN)C(=O)O. The third-order valence-corrected chi connectivity index (χ3v) is 1.38. The zero-order valence-corrected chi connectivity index (χ0v) is 6.42. The number of nitrogens with two attached hydrogens (primary N) is 2. The number of rotatable bonds is 5. The number of carboxylic acid groups (broad SMARTS) is 1. The molecule has 0 aromatic carbocycles. The van der Waals surface area contributed by atoms with Crippen molar-refractivity contribution in [3.63, 3.8) is 0 Å². The van der Waals surface area contributed by atoms with Crippen LogP contribution in [0, 0.1) is 0 Å². The van der Waals surface area contributed by atoms with Crippen LogP contribution in [0.1, 0.15) is 19.3 Å². The maximum atomic E-state index is 10.3. The highest BCUT2D eigenvalue weighted by Crippen LogP contribution is 2.04. The molecule has 0 unspecified atom stereocenters. The summed E-state index contributed by atoms with van der Waals surface area (Å²) in [5, 5.41) is 8.49. The number of hydrogen-bond acceptors (Lipinski definition) is 3. The first kappa shape index (κ1) is 9.97. The van der Waals surface area contributed by atoms with E-state index in [2.05, 4.69) is 0 Å². The molecule has 0 heterocycles. The first-order valence-corrected chi connectivity index (χ1v) is 3.56. The van der Waals surface area contributed by atoms with Crippen LogP contribution < -0.4 is 11.5 Å². The first-order valence-electron chi connectivity index (χ1n) is 3.56. The van der Waals surface area contributed by atoms with Crippen molar-refractivity contribution in [2.24, 2.45) is 11.5 Å². The fourth-order valence-corrected chi connectivity index (χ4v) is 0.721. The van der Waals surface area contributed by atoms with Crippen LogP contribution in [-0.4, -0.2) is 17.6 Å². The summed E-state index contributed by atoms with van der Waals surface area (Å²) in [6, 6.07) is 0. The minimum atomic E-state index is -0.940. The average molecular weight is 158 g/mol. The standard InChI is InChI=1S/C7H14N2O2/c8-4-2-1-3-6(5-9)7(10)11/h5H,1-4,8-9H2,(H,10,11)/b6-5-. The Labute approximate surface area is 65.9 Å². The molecule has 0 aromatic rings. The fourth-order valence-electron chi connectivity index (χ4n) is 0.721. The molecule has 0 rings (SSSR count). The molecule has 4 nitrogen and oxygen atoms in total. The highest BCUT2D eigenvalue weighted by molar-refractivity contribution is 5.86. The van der Waals surface area contributed by atoms with Crippen molar-refractivity contribution in [3.8, 4) is 0 Å². The van der Waals surface area contributed by atoms with Gasteiger partial charge in [0.05, 0.1) is 5.57 Å². The van der Waals surface area contributed by atoms with Gasteiger partial charge in [0, 0.05) is 6.20 Å². The molecule has 5 N–H and O–H groups in total. The van der Waals surface area contributed by atoms with Gasteiger partial charge in [0.2, 0.25) is 0 Å². The summed E-state index contributed by atoms with van der Waals surface area (Å²) in [4.78, 5) is 10.3. The Morgan fingerprint density at radius 2 is 2.09 bits per heavy atom. The molecule has 0 saturated carbocycles. The van der Waals surface area contributed by atoms with E-state index in [1.54, 1.807) is 0 Å². The lowest BCUT2D eigenvalue weighted by molar-refractivity contribution is -0.132. The van der Waals surface area contributed by atoms with Gasteiger partial charge in [0.15, 0.2) is 0 Å². The Bertz CT molecular complexity index is 155. The van der Waals surface area contributed by atoms with E-state index in [0.717, 1.165) is 19.0 Å². The molecule has 0 spiro atoms. The normalized spacial score (nSPS) is 11.5. The van der Waals surface area contributed by atoms with E-state index in [0.29, 0.717) is 13.0 Å². The first-order chi connectivity index (χ1) is 5.22. The van der Waals surface area contributed by atoms with Crippen molar-refractivity contribution in [2.75, 3.05) is 6.54 Å². The van der Waals surface area contributed by atoms with E-state index in [9.17, 15) is 4.79 Å². The molecule has 0 atom stereocenters. The summed E-state index contributed by atoms with van der Waals surface area (Å²) in [6.07, 6.45) is 3.26. The summed E-state index contributed by atoms with van der Waals surface area (Å²) in [6.45, 7) is 0.595. The van der Waals surface area contributed by atoms with Crippen molar-refractivity contribution < 1.29 is 9.90 Å². The lowest BCUT2D eigenvalue weighted by Crippen LogP contribution is -2.05. The van der Waals surface area contributed by atoms with Crippen molar-refractivity contribution in [3.05, 3.63) is 11.8 Å². The number of unbranched alkanes of at least 4 members (excludes halogenated alkanes) is 1. The smallest absolute Gasteiger partial charge is 0.333 e. The molecule has 0 radical (unpaired) electrons. The molecule has 64 valence electrons. The van der Waals surface area contributed by atoms with Gasteiger partial charge in [-0.2, -0.15) is 0 Å². The largest absolute Gasteiger partial charge is 0.478 e. The molecule has 0 bridgehead atoms. The van der Waals surface area contributed by atoms with Gasteiger partial charge in [-0.05, 0) is 25.8 Å². The molecular formula is C7H14N2O2. The van der Waals surface area contributed by atoms with Crippen molar-refractivity contribution >= 4 is 5.97 Å². The molecule has 0 aliphatic rings. The fraction of sp³-hybridized carbons (Fsp3) is 0.571. The second-order valence-corrected chi connectivity index (χ2v) is 2.24. The van der Waals surface area contributed by atoms with Crippen molar-refractivity contribution in [1.82, 2.24) is 0 Å². The Balaban J connectivity index is 3.63. The third kappa shape index (κ3) is 4.38. The summed E-state index contributed by atoms with van der Waals surface area (Å²) >= 11 is 0. The van der Waals surface area contributed by atoms with Crippen LogP contribution >= 0.6 is 0 Å². The van der Waals surface area contributed by atoms with E-state index in [4.69, 9.17) is 16.6 Å². The quantitative estimate of drug-likeness (QED) is 0.389. The van der Waals surface area contributed by atoms with E-state index >= 15 is 0 Å². The van der Waals surface area contributed by atoms with Crippen LogP contribution in [0.25, 0.3) is 0 Å². The lowest BCUT2D eigenvalue weighted by atomic mass is 10.1. The second-order valence-electron chi connectivity index (χ2n) is 2.24. The summed E-state index contributed by atoms with van der Waals surface area (Å²) < 4.78 is 0. The Hall–Kier alpha value is -1.03. The third-order valence-electron chi connectivity index (χ3n) is 1.38. The molecule has 0 aromatic heterocycles. The van der Waals surface area contributed by atoms with Gasteiger partial charge in [-0.1, -0.05) is 0 Å². The number of carbonyl (C=O) groups is 1. The molecular weight excluding hydrogens is 144 g/mol. The number of aliphatic carboxylic acids is 1. The van der Waals surface area contributed by atoms with Crippen LogP contribution in [-0.2, 0) is 4.79 Å². The van der Waals surface area contributed by atoms with Gasteiger partial charge in [-0.15, -0.1) is 0 Å². The summed E-state index contributed by atoms with van der Waals surface area (Å²) in [5.74, 6) is -0.940. The lowest BCUT2D eigenvalue weighted by Gasteiger charge is -1.98. The highest BCUT2D eigenvalue weighted by atomic mass is 16.4. The predicted molar refractivity (Wildman–Crippen MR) is 42.8 cm³/mol. The highest BCUT2D eigenvalue weighted by Gasteiger charge is 2.04. The predicted octanol–water partition coefficient (Wildman–Crippen LogP) is 0.0426. The van der Waals surface area contributed by atoms with Gasteiger partial charge in [0.1, 0.15) is 0 Å². The Morgan fingerprint density at radius 3 is 2.45 bits per heavy atom. The Morgan fingerprint density at radius 1 is 1.45 bits per heavy atom. The van der Waals surface area contributed by atoms with Crippen LogP contribution in [0.15, 0.2) is 11.8 Å². The van der Waals surface area contributed by atoms with Crippen LogP contribution in [0.4, 0.5) is 0 Å². The van der Waals surface area contributed by atoms with Gasteiger partial charge in [0.25, 0.3) is 0 Å². The molecule has 0 aliphatic heterocycles. The van der Waals surface area contributed by atoms with Gasteiger partial charge < -0.3 is 16.6 Å². The summed E-state index contributed by atoms with van der Waals surface area (Å²) in [7, 11) is 0. The minimum Gasteiger partial charge on any atom is -0.478 e. The van der Waals surface area contributed by atoms with E-state index < -0.39 is 5.97 Å². The number of carboxylic acids is 1. The van der Waals surface area contributed by atoms with Gasteiger partial charge in [-0.3, -0.25) is 0 Å².